The van der Waals surface area contributed by atoms with Crippen LogP contribution in [0, 0.1) is 11.8 Å². The van der Waals surface area contributed by atoms with Gasteiger partial charge >= 0.3 is 0 Å². The highest BCUT2D eigenvalue weighted by Gasteiger charge is 2.48. The number of piperidine rings is 1. The Kier molecular flexibility index (Phi) is 6.40. The lowest BCUT2D eigenvalue weighted by molar-refractivity contribution is -0.144. The third-order valence-electron chi connectivity index (χ3n) is 5.36. The predicted molar refractivity (Wildman–Crippen MR) is 120 cm³/mol. The van der Waals surface area contributed by atoms with Crippen LogP contribution in [-0.2, 0) is 14.4 Å². The highest BCUT2D eigenvalue weighted by molar-refractivity contribution is 6.31. The van der Waals surface area contributed by atoms with Crippen LogP contribution in [0.5, 0.6) is 5.75 Å². The van der Waals surface area contributed by atoms with E-state index >= 15 is 0 Å². The molecule has 2 saturated heterocycles. The van der Waals surface area contributed by atoms with Gasteiger partial charge in [-0.1, -0.05) is 23.2 Å². The molecule has 2 aliphatic heterocycles. The van der Waals surface area contributed by atoms with E-state index in [-0.39, 0.29) is 18.2 Å². The van der Waals surface area contributed by atoms with Crippen molar-refractivity contribution in [3.05, 3.63) is 52.5 Å². The van der Waals surface area contributed by atoms with Crippen LogP contribution in [-0.4, -0.2) is 37.3 Å². The first kappa shape index (κ1) is 22.2. The minimum atomic E-state index is -0.888. The number of rotatable bonds is 5. The van der Waals surface area contributed by atoms with Crippen molar-refractivity contribution in [2.75, 3.05) is 17.7 Å². The summed E-state index contributed by atoms with van der Waals surface area (Å²) in [6.45, 7) is 0. The van der Waals surface area contributed by atoms with Crippen LogP contribution in [0.2, 0.25) is 10.0 Å². The monoisotopic (exact) mass is 477 g/mol. The molecule has 2 aromatic carbocycles. The van der Waals surface area contributed by atoms with Gasteiger partial charge in [0.2, 0.25) is 17.7 Å². The summed E-state index contributed by atoms with van der Waals surface area (Å²) >= 11 is 11.9. The summed E-state index contributed by atoms with van der Waals surface area (Å²) in [5.74, 6) is -2.45. The zero-order chi connectivity index (χ0) is 22.8. The van der Waals surface area contributed by atoms with Gasteiger partial charge in [0.25, 0.3) is 0 Å². The standard InChI is InChI=1S/C21H21Cl2N5O4/c1-32-15-7-4-11(23)8-14(15)25-19(30)13-9-16(29)26-18-17(13)20(31)28-21(27-18)24-12-5-2-10(22)3-6-12/h2-8,13,17-18,21,24,27H,9H2,1H3,(H,25,30)(H,26,29)(H,28,31). The fraction of sp³-hybridized carbons (Fsp3) is 0.286. The van der Waals surface area contributed by atoms with Gasteiger partial charge in [0.1, 0.15) is 5.75 Å². The third-order valence-corrected chi connectivity index (χ3v) is 5.85. The largest absolute Gasteiger partial charge is 0.495 e. The van der Waals surface area contributed by atoms with Crippen LogP contribution in [0.25, 0.3) is 0 Å². The average molecular weight is 478 g/mol. The number of fused-ring (bicyclic) bond motifs is 1. The minimum Gasteiger partial charge on any atom is -0.495 e. The molecule has 2 aliphatic rings. The van der Waals surface area contributed by atoms with E-state index in [2.05, 4.69) is 26.6 Å². The maximum atomic E-state index is 13.1. The van der Waals surface area contributed by atoms with E-state index in [0.717, 1.165) is 5.69 Å². The molecule has 2 heterocycles. The number of hydrogen-bond donors (Lipinski definition) is 5. The maximum absolute atomic E-state index is 13.1. The molecule has 2 aromatic rings. The molecule has 5 N–H and O–H groups in total. The second-order valence-electron chi connectivity index (χ2n) is 7.47. The Balaban J connectivity index is 1.50. The van der Waals surface area contributed by atoms with Gasteiger partial charge in [-0.05, 0) is 42.5 Å². The first-order chi connectivity index (χ1) is 15.3. The number of benzene rings is 2. The highest BCUT2D eigenvalue weighted by atomic mass is 35.5. The number of methoxy groups -OCH3 is 1. The molecule has 4 rings (SSSR count). The topological polar surface area (TPSA) is 121 Å². The molecular weight excluding hydrogens is 457 g/mol. The van der Waals surface area contributed by atoms with Crippen molar-refractivity contribution in [3.63, 3.8) is 0 Å². The number of anilines is 2. The van der Waals surface area contributed by atoms with Crippen molar-refractivity contribution in [1.82, 2.24) is 16.0 Å². The van der Waals surface area contributed by atoms with E-state index in [4.69, 9.17) is 27.9 Å². The lowest BCUT2D eigenvalue weighted by Crippen LogP contribution is -2.72. The van der Waals surface area contributed by atoms with Crippen LogP contribution in [0.3, 0.4) is 0 Å². The lowest BCUT2D eigenvalue weighted by atomic mass is 9.81. The number of amides is 3. The summed E-state index contributed by atoms with van der Waals surface area (Å²) < 4.78 is 5.25. The number of ether oxygens (including phenoxy) is 1. The summed E-state index contributed by atoms with van der Waals surface area (Å²) in [5, 5.41) is 15.5. The van der Waals surface area contributed by atoms with Crippen LogP contribution < -0.4 is 31.3 Å². The second-order valence-corrected chi connectivity index (χ2v) is 8.35. The first-order valence-corrected chi connectivity index (χ1v) is 10.6. The highest BCUT2D eigenvalue weighted by Crippen LogP contribution is 2.31. The van der Waals surface area contributed by atoms with Crippen molar-refractivity contribution in [1.29, 1.82) is 0 Å². The van der Waals surface area contributed by atoms with Gasteiger partial charge in [-0.25, -0.2) is 0 Å². The normalized spacial score (nSPS) is 24.6. The van der Waals surface area contributed by atoms with Crippen molar-refractivity contribution in [3.8, 4) is 5.75 Å². The molecule has 0 saturated carbocycles. The SMILES string of the molecule is COc1ccc(Cl)cc1NC(=O)C1CC(=O)NC2NC(Nc3ccc(Cl)cc3)NC(=O)C21. The quantitative estimate of drug-likeness (QED) is 0.449. The summed E-state index contributed by atoms with van der Waals surface area (Å²) in [7, 11) is 1.47. The molecule has 9 nitrogen and oxygen atoms in total. The molecule has 4 atom stereocenters. The van der Waals surface area contributed by atoms with Gasteiger partial charge in [-0.2, -0.15) is 0 Å². The van der Waals surface area contributed by atoms with E-state index in [0.29, 0.717) is 21.5 Å². The smallest absolute Gasteiger partial charge is 0.229 e. The number of halogens is 2. The molecule has 3 amide bonds. The fourth-order valence-electron chi connectivity index (χ4n) is 3.87. The average Bonchev–Trinajstić information content (AvgIpc) is 2.74. The van der Waals surface area contributed by atoms with Crippen LogP contribution >= 0.6 is 23.2 Å². The molecule has 32 heavy (non-hydrogen) atoms. The van der Waals surface area contributed by atoms with E-state index in [1.165, 1.54) is 7.11 Å². The summed E-state index contributed by atoms with van der Waals surface area (Å²) in [5.41, 5.74) is 1.08. The Labute approximate surface area is 194 Å². The van der Waals surface area contributed by atoms with Crippen molar-refractivity contribution >= 4 is 52.3 Å². The van der Waals surface area contributed by atoms with E-state index in [1.807, 2.05) is 0 Å². The Bertz CT molecular complexity index is 1050. The van der Waals surface area contributed by atoms with Crippen molar-refractivity contribution < 1.29 is 19.1 Å². The number of carbonyl (C=O) groups is 3. The fourth-order valence-corrected chi connectivity index (χ4v) is 4.17. The summed E-state index contributed by atoms with van der Waals surface area (Å²) in [4.78, 5) is 38.3. The number of hydrogen-bond acceptors (Lipinski definition) is 6. The van der Waals surface area contributed by atoms with E-state index in [9.17, 15) is 14.4 Å². The van der Waals surface area contributed by atoms with Gasteiger partial charge in [0.15, 0.2) is 6.29 Å². The lowest BCUT2D eigenvalue weighted by Gasteiger charge is -2.43. The number of carbonyl (C=O) groups excluding carboxylic acids is 3. The molecule has 168 valence electrons. The van der Waals surface area contributed by atoms with E-state index in [1.54, 1.807) is 42.5 Å². The Morgan fingerprint density at radius 2 is 1.78 bits per heavy atom. The molecule has 2 fully saturated rings. The van der Waals surface area contributed by atoms with Crippen LogP contribution in [0.4, 0.5) is 11.4 Å². The van der Waals surface area contributed by atoms with Gasteiger partial charge in [0, 0.05) is 22.2 Å². The molecule has 4 unspecified atom stereocenters. The van der Waals surface area contributed by atoms with Crippen molar-refractivity contribution in [2.24, 2.45) is 11.8 Å². The minimum absolute atomic E-state index is 0.125. The Morgan fingerprint density at radius 1 is 1.06 bits per heavy atom. The molecule has 0 aromatic heterocycles. The van der Waals surface area contributed by atoms with E-state index < -0.39 is 30.2 Å². The van der Waals surface area contributed by atoms with Gasteiger partial charge in [0.05, 0.1) is 30.8 Å². The van der Waals surface area contributed by atoms with Crippen molar-refractivity contribution in [2.45, 2.75) is 18.9 Å². The second kappa shape index (κ2) is 9.23. The summed E-state index contributed by atoms with van der Waals surface area (Å²) in [6.07, 6.45) is -1.51. The molecule has 0 aliphatic carbocycles. The van der Waals surface area contributed by atoms with Gasteiger partial charge in [-0.3, -0.25) is 19.7 Å². The maximum Gasteiger partial charge on any atom is 0.229 e. The predicted octanol–water partition coefficient (Wildman–Crippen LogP) is 2.13. The number of nitrogens with one attached hydrogen (secondary N) is 5. The van der Waals surface area contributed by atoms with Crippen LogP contribution in [0.1, 0.15) is 6.42 Å². The first-order valence-electron chi connectivity index (χ1n) is 9.86. The molecular formula is C21H21Cl2N5O4. The summed E-state index contributed by atoms with van der Waals surface area (Å²) in [6, 6.07) is 11.7. The van der Waals surface area contributed by atoms with Crippen LogP contribution in [0.15, 0.2) is 42.5 Å². The zero-order valence-electron chi connectivity index (χ0n) is 16.9. The third kappa shape index (κ3) is 4.74. The Morgan fingerprint density at radius 3 is 2.50 bits per heavy atom. The molecule has 0 spiro atoms. The van der Waals surface area contributed by atoms with Gasteiger partial charge < -0.3 is 26.0 Å². The zero-order valence-corrected chi connectivity index (χ0v) is 18.5. The molecule has 11 heteroatoms. The van der Waals surface area contributed by atoms with Gasteiger partial charge in [-0.15, -0.1) is 0 Å². The molecule has 0 bridgehead atoms. The Hall–Kier alpha value is -3.01. The molecule has 0 radical (unpaired) electrons.